The van der Waals surface area contributed by atoms with E-state index in [1.54, 1.807) is 35.3 Å². The molecule has 0 bridgehead atoms. The number of amides is 1. The summed E-state index contributed by atoms with van der Waals surface area (Å²) in [7, 11) is 0. The van der Waals surface area contributed by atoms with E-state index in [4.69, 9.17) is 0 Å². The van der Waals surface area contributed by atoms with Gasteiger partial charge in [-0.1, -0.05) is 72.8 Å². The summed E-state index contributed by atoms with van der Waals surface area (Å²) >= 11 is 0. The monoisotopic (exact) mass is 395 g/mol. The van der Waals surface area contributed by atoms with Crippen molar-refractivity contribution in [3.63, 3.8) is 0 Å². The maximum atomic E-state index is 13.0. The fourth-order valence-corrected chi connectivity index (χ4v) is 3.24. The van der Waals surface area contributed by atoms with Gasteiger partial charge in [0.25, 0.3) is 5.56 Å². The topological polar surface area (TPSA) is 66.1 Å². The third-order valence-corrected chi connectivity index (χ3v) is 4.75. The Bertz CT molecular complexity index is 1230. The molecule has 0 spiro atoms. The Kier molecular flexibility index (Phi) is 5.80. The fourth-order valence-electron chi connectivity index (χ4n) is 3.24. The molecule has 4 rings (SSSR count). The van der Waals surface area contributed by atoms with Crippen molar-refractivity contribution in [2.75, 3.05) is 0 Å². The van der Waals surface area contributed by atoms with Crippen LogP contribution in [0.2, 0.25) is 0 Å². The summed E-state index contributed by atoms with van der Waals surface area (Å²) in [6.45, 7) is 0.613. The molecule has 0 radical (unpaired) electrons. The molecule has 5 heteroatoms. The third-order valence-electron chi connectivity index (χ3n) is 4.75. The van der Waals surface area contributed by atoms with Crippen molar-refractivity contribution in [2.24, 2.45) is 0 Å². The first kappa shape index (κ1) is 19.3. The van der Waals surface area contributed by atoms with Crippen LogP contribution in [0.4, 0.5) is 0 Å². The fraction of sp³-hybridized carbons (Fsp3) is 0.0800. The number of aromatic nitrogens is 2. The summed E-state index contributed by atoms with van der Waals surface area (Å²) in [5.41, 5.74) is 2.36. The number of carbonyl (C=O) groups excluding carboxylic acids is 1. The zero-order valence-corrected chi connectivity index (χ0v) is 16.4. The maximum Gasteiger partial charge on any atom is 0.258 e. The normalized spacial score (nSPS) is 11.1. The van der Waals surface area contributed by atoms with E-state index in [1.807, 2.05) is 66.7 Å². The number of nitrogens with zero attached hydrogens (tertiary/aromatic N) is 2. The zero-order valence-electron chi connectivity index (χ0n) is 16.4. The van der Waals surface area contributed by atoms with Crippen molar-refractivity contribution < 1.29 is 4.79 Å². The third kappa shape index (κ3) is 4.70. The second-order valence-corrected chi connectivity index (χ2v) is 6.95. The minimum Gasteiger partial charge on any atom is -0.327 e. The number of benzene rings is 3. The van der Waals surface area contributed by atoms with Crippen LogP contribution >= 0.6 is 0 Å². The van der Waals surface area contributed by atoms with E-state index in [0.717, 1.165) is 11.1 Å². The van der Waals surface area contributed by atoms with Gasteiger partial charge in [-0.2, -0.15) is 0 Å². The van der Waals surface area contributed by atoms with Gasteiger partial charge in [0.2, 0.25) is 5.91 Å². The Balaban J connectivity index is 1.62. The van der Waals surface area contributed by atoms with Gasteiger partial charge < -0.3 is 9.88 Å². The number of nitrogens with one attached hydrogen (secondary N) is 1. The summed E-state index contributed by atoms with van der Waals surface area (Å²) in [6, 6.07) is 26.6. The molecular weight excluding hydrogens is 374 g/mol. The van der Waals surface area contributed by atoms with E-state index in [0.29, 0.717) is 23.3 Å². The molecule has 0 saturated heterocycles. The van der Waals surface area contributed by atoms with Crippen LogP contribution in [-0.2, 0) is 17.9 Å². The van der Waals surface area contributed by atoms with Gasteiger partial charge in [-0.3, -0.25) is 9.59 Å². The van der Waals surface area contributed by atoms with Crippen LogP contribution in [0.3, 0.4) is 0 Å². The summed E-state index contributed by atoms with van der Waals surface area (Å²) in [4.78, 5) is 34.4. The number of fused-ring (bicyclic) bond motifs is 1. The Morgan fingerprint density at radius 2 is 1.53 bits per heavy atom. The van der Waals surface area contributed by atoms with E-state index < -0.39 is 0 Å². The second-order valence-electron chi connectivity index (χ2n) is 6.95. The summed E-state index contributed by atoms with van der Waals surface area (Å²) in [5.74, 6) is 0.301. The summed E-state index contributed by atoms with van der Waals surface area (Å²) in [6.07, 6.45) is 3.34. The highest BCUT2D eigenvalue weighted by Crippen LogP contribution is 2.12. The van der Waals surface area contributed by atoms with Crippen LogP contribution in [0, 0.1) is 0 Å². The molecule has 0 aliphatic carbocycles. The standard InChI is InChI=1S/C25H21N3O2/c29-24(16-15-19-9-3-1-4-10-19)28(17-20-11-5-2-6-12-20)18-23-26-22-14-8-7-13-21(22)25(30)27-23/h1-16H,17-18H2,(H,26,27,30). The number of aromatic amines is 1. The number of H-pyrrole nitrogens is 1. The predicted octanol–water partition coefficient (Wildman–Crippen LogP) is 4.17. The van der Waals surface area contributed by atoms with E-state index in [-0.39, 0.29) is 18.0 Å². The number of rotatable bonds is 6. The Morgan fingerprint density at radius 1 is 0.867 bits per heavy atom. The number of para-hydroxylation sites is 1. The average molecular weight is 395 g/mol. The largest absolute Gasteiger partial charge is 0.327 e. The average Bonchev–Trinajstić information content (AvgIpc) is 2.78. The molecule has 1 heterocycles. The van der Waals surface area contributed by atoms with E-state index in [2.05, 4.69) is 9.97 Å². The summed E-state index contributed by atoms with van der Waals surface area (Å²) < 4.78 is 0. The molecular formula is C25H21N3O2. The number of carbonyl (C=O) groups is 1. The Morgan fingerprint density at radius 3 is 2.30 bits per heavy atom. The smallest absolute Gasteiger partial charge is 0.258 e. The van der Waals surface area contributed by atoms with Gasteiger partial charge in [0.05, 0.1) is 17.4 Å². The molecule has 1 aromatic heterocycles. The molecule has 0 unspecified atom stereocenters. The first-order valence-corrected chi connectivity index (χ1v) is 9.73. The predicted molar refractivity (Wildman–Crippen MR) is 119 cm³/mol. The van der Waals surface area contributed by atoms with Gasteiger partial charge in [0.15, 0.2) is 0 Å². The quantitative estimate of drug-likeness (QED) is 0.499. The minimum atomic E-state index is -0.206. The van der Waals surface area contributed by atoms with Crippen molar-refractivity contribution >= 4 is 22.9 Å². The van der Waals surface area contributed by atoms with Crippen LogP contribution < -0.4 is 5.56 Å². The molecule has 0 fully saturated rings. The number of hydrogen-bond donors (Lipinski definition) is 1. The molecule has 0 aliphatic rings. The van der Waals surface area contributed by atoms with Crippen LogP contribution in [0.25, 0.3) is 17.0 Å². The zero-order chi connectivity index (χ0) is 20.8. The molecule has 3 aromatic carbocycles. The first-order chi connectivity index (χ1) is 14.7. The molecule has 4 aromatic rings. The lowest BCUT2D eigenvalue weighted by atomic mass is 10.2. The summed E-state index contributed by atoms with van der Waals surface area (Å²) in [5, 5.41) is 0.533. The van der Waals surface area contributed by atoms with Gasteiger partial charge in [-0.05, 0) is 29.3 Å². The van der Waals surface area contributed by atoms with Gasteiger partial charge in [0.1, 0.15) is 5.82 Å². The minimum absolute atomic E-state index is 0.154. The molecule has 0 atom stereocenters. The van der Waals surface area contributed by atoms with Crippen LogP contribution in [-0.4, -0.2) is 20.8 Å². The molecule has 148 valence electrons. The van der Waals surface area contributed by atoms with E-state index in [9.17, 15) is 9.59 Å². The van der Waals surface area contributed by atoms with Gasteiger partial charge >= 0.3 is 0 Å². The van der Waals surface area contributed by atoms with Gasteiger partial charge in [-0.15, -0.1) is 0 Å². The van der Waals surface area contributed by atoms with Crippen LogP contribution in [0.1, 0.15) is 17.0 Å². The highest BCUT2D eigenvalue weighted by Gasteiger charge is 2.14. The van der Waals surface area contributed by atoms with Crippen molar-refractivity contribution in [1.82, 2.24) is 14.9 Å². The molecule has 30 heavy (non-hydrogen) atoms. The molecule has 1 amide bonds. The number of hydrogen-bond acceptors (Lipinski definition) is 3. The second kappa shape index (κ2) is 9.01. The van der Waals surface area contributed by atoms with Crippen molar-refractivity contribution in [3.05, 3.63) is 118 Å². The van der Waals surface area contributed by atoms with Gasteiger partial charge in [-0.25, -0.2) is 4.98 Å². The lowest BCUT2D eigenvalue weighted by Gasteiger charge is -2.21. The Hall–Kier alpha value is -3.99. The highest BCUT2D eigenvalue weighted by molar-refractivity contribution is 5.91. The lowest BCUT2D eigenvalue weighted by Crippen LogP contribution is -2.30. The van der Waals surface area contributed by atoms with E-state index >= 15 is 0 Å². The van der Waals surface area contributed by atoms with Gasteiger partial charge in [0, 0.05) is 12.6 Å². The maximum absolute atomic E-state index is 13.0. The highest BCUT2D eigenvalue weighted by atomic mass is 16.2. The SMILES string of the molecule is O=C(C=Cc1ccccc1)N(Cc1ccccc1)Cc1nc2ccccc2c(=O)[nH]1. The van der Waals surface area contributed by atoms with Crippen molar-refractivity contribution in [2.45, 2.75) is 13.1 Å². The molecule has 1 N–H and O–H groups in total. The molecule has 0 aliphatic heterocycles. The van der Waals surface area contributed by atoms with Crippen molar-refractivity contribution in [3.8, 4) is 0 Å². The van der Waals surface area contributed by atoms with E-state index in [1.165, 1.54) is 0 Å². The van der Waals surface area contributed by atoms with Crippen LogP contribution in [0.15, 0.2) is 95.8 Å². The lowest BCUT2D eigenvalue weighted by molar-refractivity contribution is -0.127. The Labute approximate surface area is 174 Å². The first-order valence-electron chi connectivity index (χ1n) is 9.73. The molecule has 0 saturated carbocycles. The van der Waals surface area contributed by atoms with Crippen LogP contribution in [0.5, 0.6) is 0 Å². The van der Waals surface area contributed by atoms with Crippen molar-refractivity contribution in [1.29, 1.82) is 0 Å². The molecule has 5 nitrogen and oxygen atoms in total.